The highest BCUT2D eigenvalue weighted by molar-refractivity contribution is 7.52. The largest absolute Gasteiger partial charge is 0.468 e. The lowest BCUT2D eigenvalue weighted by molar-refractivity contribution is -0.142. The summed E-state index contributed by atoms with van der Waals surface area (Å²) in [5, 5.41) is 13.5. The molecule has 1 saturated heterocycles. The average molecular weight is 601 g/mol. The van der Waals surface area contributed by atoms with Crippen LogP contribution in [0.25, 0.3) is 11.2 Å². The van der Waals surface area contributed by atoms with Gasteiger partial charge in [-0.15, -0.1) is 11.6 Å². The number of carbonyl (C=O) groups excluding carboxylic acids is 1. The third kappa shape index (κ3) is 5.92. The summed E-state index contributed by atoms with van der Waals surface area (Å²) in [6.07, 6.45) is -3.85. The molecule has 0 amide bonds. The van der Waals surface area contributed by atoms with Gasteiger partial charge in [0.05, 0.1) is 25.9 Å². The Morgan fingerprint density at radius 2 is 2.05 bits per heavy atom. The van der Waals surface area contributed by atoms with Gasteiger partial charge in [-0.25, -0.2) is 23.9 Å². The van der Waals surface area contributed by atoms with Crippen molar-refractivity contribution in [3.63, 3.8) is 0 Å². The van der Waals surface area contributed by atoms with Crippen molar-refractivity contribution in [2.24, 2.45) is 0 Å². The lowest BCUT2D eigenvalue weighted by atomic mass is 9.99. The smallest absolute Gasteiger partial charge is 0.459 e. The molecule has 0 unspecified atom stereocenters. The summed E-state index contributed by atoms with van der Waals surface area (Å²) in [6.45, 7) is 2.42. The Morgan fingerprint density at radius 1 is 1.35 bits per heavy atom. The molecule has 40 heavy (non-hydrogen) atoms. The fourth-order valence-electron chi connectivity index (χ4n) is 4.18. The number of ether oxygens (including phenoxy) is 2. The van der Waals surface area contributed by atoms with E-state index in [0.29, 0.717) is 17.2 Å². The predicted octanol–water partition coefficient (Wildman–Crippen LogP) is 2.76. The molecule has 2 aromatic heterocycles. The lowest BCUT2D eigenvalue weighted by Gasteiger charge is -2.31. The molecule has 0 saturated carbocycles. The van der Waals surface area contributed by atoms with Gasteiger partial charge >= 0.3 is 13.7 Å². The molecule has 2 N–H and O–H groups in total. The van der Waals surface area contributed by atoms with Crippen LogP contribution in [0, 0.1) is 6.92 Å². The van der Waals surface area contributed by atoms with Crippen LogP contribution in [0.1, 0.15) is 19.0 Å². The summed E-state index contributed by atoms with van der Waals surface area (Å²) >= 11 is 6.22. The number of para-hydroxylation sites is 1. The van der Waals surface area contributed by atoms with E-state index in [4.69, 9.17) is 25.4 Å². The van der Waals surface area contributed by atoms with Gasteiger partial charge in [-0.1, -0.05) is 18.2 Å². The van der Waals surface area contributed by atoms with Crippen LogP contribution >= 0.6 is 19.3 Å². The highest BCUT2D eigenvalue weighted by Gasteiger charge is 2.57. The lowest BCUT2D eigenvalue weighted by Crippen LogP contribution is -2.48. The molecule has 13 nitrogen and oxygen atoms in total. The second-order valence-electron chi connectivity index (χ2n) is 9.46. The quantitative estimate of drug-likeness (QED) is 0.189. The number of aliphatic hydroxyl groups excluding tert-OH is 1. The Balaban J connectivity index is 1.63. The molecule has 0 aliphatic carbocycles. The normalized spacial score (nSPS) is 24.9. The number of methoxy groups -OCH3 is 1. The van der Waals surface area contributed by atoms with Crippen LogP contribution in [0.2, 0.25) is 0 Å². The molecule has 3 aromatic rings. The first-order valence-corrected chi connectivity index (χ1v) is 14.3. The predicted molar refractivity (Wildman–Crippen MR) is 144 cm³/mol. The molecule has 16 heteroatoms. The van der Waals surface area contributed by atoms with Gasteiger partial charge < -0.3 is 24.0 Å². The van der Waals surface area contributed by atoms with Crippen molar-refractivity contribution in [1.82, 2.24) is 24.6 Å². The molecule has 1 fully saturated rings. The Labute approximate surface area is 235 Å². The van der Waals surface area contributed by atoms with Crippen molar-refractivity contribution in [3.05, 3.63) is 42.5 Å². The van der Waals surface area contributed by atoms with Crippen LogP contribution in [0.15, 0.2) is 36.7 Å². The van der Waals surface area contributed by atoms with Crippen LogP contribution in [-0.2, 0) is 23.4 Å². The number of anilines is 1. The summed E-state index contributed by atoms with van der Waals surface area (Å²) in [6, 6.07) is 6.98. The van der Waals surface area contributed by atoms with Gasteiger partial charge in [-0.2, -0.15) is 5.09 Å². The van der Waals surface area contributed by atoms with E-state index in [-0.39, 0.29) is 11.4 Å². The van der Waals surface area contributed by atoms with Gasteiger partial charge in [0.25, 0.3) is 0 Å². The van der Waals surface area contributed by atoms with E-state index < -0.39 is 56.3 Å². The number of aryl methyl sites for hydroxylation is 1. The Kier molecular flexibility index (Phi) is 8.98. The minimum atomic E-state index is -4.33. The van der Waals surface area contributed by atoms with Gasteiger partial charge in [-0.3, -0.25) is 13.9 Å². The molecule has 0 radical (unpaired) electrons. The standard InChI is InChI=1S/C24H31ClFN6O7P/c1-14(23(34)36-5)30-40(35,39-16-9-7-6-8-10-16)37-12-24(11-25)19(33)17(26)22(38-24)32-13-27-18-20(31(3)4)28-15(2)29-21(18)32/h6-10,13-14,17,19,22,33H,11-12H2,1-5H3,(H,30,35)/t14-,17-,19+,22-,24-,40+/m1/s1. The molecule has 0 bridgehead atoms. The van der Waals surface area contributed by atoms with E-state index in [2.05, 4.69) is 24.8 Å². The van der Waals surface area contributed by atoms with Crippen molar-refractivity contribution in [2.45, 2.75) is 44.0 Å². The maximum Gasteiger partial charge on any atom is 0.459 e. The van der Waals surface area contributed by atoms with Gasteiger partial charge in [0, 0.05) is 14.1 Å². The summed E-state index contributed by atoms with van der Waals surface area (Å²) in [5.74, 6) is -0.0568. The molecule has 218 valence electrons. The monoisotopic (exact) mass is 600 g/mol. The fourth-order valence-corrected chi connectivity index (χ4v) is 6.02. The number of aromatic nitrogens is 4. The topological polar surface area (TPSA) is 150 Å². The van der Waals surface area contributed by atoms with Crippen LogP contribution in [0.3, 0.4) is 0 Å². The molecule has 0 spiro atoms. The van der Waals surface area contributed by atoms with Crippen molar-refractivity contribution < 1.29 is 37.4 Å². The highest BCUT2D eigenvalue weighted by Crippen LogP contribution is 2.49. The maximum atomic E-state index is 15.7. The maximum absolute atomic E-state index is 15.7. The minimum Gasteiger partial charge on any atom is -0.468 e. The number of rotatable bonds is 11. The number of halogens is 2. The molecule has 3 heterocycles. The highest BCUT2D eigenvalue weighted by atomic mass is 35.5. The zero-order chi connectivity index (χ0) is 29.2. The van der Waals surface area contributed by atoms with Crippen LogP contribution < -0.4 is 14.5 Å². The Morgan fingerprint density at radius 3 is 2.67 bits per heavy atom. The molecule has 1 aromatic carbocycles. The van der Waals surface area contributed by atoms with Crippen LogP contribution in [0.4, 0.5) is 10.2 Å². The second kappa shape index (κ2) is 11.9. The number of hydrogen-bond donors (Lipinski definition) is 2. The third-order valence-corrected chi connectivity index (χ3v) is 8.34. The van der Waals surface area contributed by atoms with E-state index in [9.17, 15) is 14.5 Å². The van der Waals surface area contributed by atoms with E-state index in [1.165, 1.54) is 37.1 Å². The molecule has 1 aliphatic rings. The van der Waals surface area contributed by atoms with Crippen LogP contribution in [0.5, 0.6) is 5.75 Å². The first kappa shape index (κ1) is 30.1. The molecular weight excluding hydrogens is 570 g/mol. The number of imidazole rings is 1. The Bertz CT molecular complexity index is 1400. The third-order valence-electron chi connectivity index (χ3n) is 6.26. The van der Waals surface area contributed by atoms with Crippen molar-refractivity contribution in [2.75, 3.05) is 38.6 Å². The van der Waals surface area contributed by atoms with E-state index in [1.807, 2.05) is 0 Å². The van der Waals surface area contributed by atoms with E-state index in [0.717, 1.165) is 0 Å². The average Bonchev–Trinajstić information content (AvgIpc) is 3.45. The van der Waals surface area contributed by atoms with Gasteiger partial charge in [-0.05, 0) is 26.0 Å². The molecule has 1 aliphatic heterocycles. The van der Waals surface area contributed by atoms with E-state index in [1.54, 1.807) is 44.1 Å². The minimum absolute atomic E-state index is 0.168. The number of hydrogen-bond acceptors (Lipinski definition) is 11. The zero-order valence-corrected chi connectivity index (χ0v) is 24.2. The second-order valence-corrected chi connectivity index (χ2v) is 11.4. The SMILES string of the molecule is COC(=O)[C@@H](C)N[P@](=O)(OC[C@@]1(CCl)O[C@@H](n2cnc3c(N(C)C)nc(C)nc32)[C@H](F)[C@@H]1O)Oc1ccccc1. The van der Waals surface area contributed by atoms with Gasteiger partial charge in [0.15, 0.2) is 29.4 Å². The number of aliphatic hydroxyl groups is 1. The van der Waals surface area contributed by atoms with Crippen molar-refractivity contribution in [3.8, 4) is 5.75 Å². The summed E-state index contributed by atoms with van der Waals surface area (Å²) in [7, 11) is 0.414. The zero-order valence-electron chi connectivity index (χ0n) is 22.5. The summed E-state index contributed by atoms with van der Waals surface area (Å²) in [5.41, 5.74) is -1.17. The van der Waals surface area contributed by atoms with Gasteiger partial charge in [0.2, 0.25) is 0 Å². The fraction of sp³-hybridized carbons (Fsp3) is 0.500. The first-order valence-electron chi connectivity index (χ1n) is 12.2. The van der Waals surface area contributed by atoms with E-state index >= 15 is 4.39 Å². The number of esters is 1. The first-order chi connectivity index (χ1) is 18.9. The summed E-state index contributed by atoms with van der Waals surface area (Å²) < 4.78 is 52.7. The number of fused-ring (bicyclic) bond motifs is 1. The van der Waals surface area contributed by atoms with Crippen molar-refractivity contribution >= 4 is 42.3 Å². The number of nitrogens with one attached hydrogen (secondary N) is 1. The molecule has 6 atom stereocenters. The number of carbonyl (C=O) groups is 1. The number of alkyl halides is 2. The molecule has 4 rings (SSSR count). The number of nitrogens with zero attached hydrogens (tertiary/aromatic N) is 5. The Hall–Kier alpha value is -2.87. The molecular formula is C24H31ClFN6O7P. The summed E-state index contributed by atoms with van der Waals surface area (Å²) in [4.78, 5) is 26.9. The van der Waals surface area contributed by atoms with Crippen molar-refractivity contribution in [1.29, 1.82) is 0 Å². The van der Waals surface area contributed by atoms with Crippen LogP contribution in [-0.4, -0.2) is 88.2 Å². The number of benzene rings is 1. The van der Waals surface area contributed by atoms with Gasteiger partial charge in [0.1, 0.15) is 29.3 Å².